The molecular formula is C10H5ClFNO2S. The fourth-order valence-electron chi connectivity index (χ4n) is 1.26. The number of halogens is 2. The summed E-state index contributed by atoms with van der Waals surface area (Å²) in [6.45, 7) is 0. The molecule has 0 spiro atoms. The Balaban J connectivity index is 2.59. The molecule has 0 saturated carbocycles. The van der Waals surface area contributed by atoms with Gasteiger partial charge in [0.25, 0.3) is 0 Å². The number of hydrogen-bond acceptors (Lipinski definition) is 3. The van der Waals surface area contributed by atoms with E-state index in [0.717, 1.165) is 11.3 Å². The molecule has 2 aromatic rings. The highest BCUT2D eigenvalue weighted by Gasteiger charge is 2.18. The number of benzene rings is 1. The van der Waals surface area contributed by atoms with Crippen molar-refractivity contribution < 1.29 is 14.3 Å². The van der Waals surface area contributed by atoms with Gasteiger partial charge in [-0.2, -0.15) is 0 Å². The molecule has 0 bridgehead atoms. The second-order valence-corrected chi connectivity index (χ2v) is 4.54. The van der Waals surface area contributed by atoms with Gasteiger partial charge in [0.15, 0.2) is 10.2 Å². The van der Waals surface area contributed by atoms with E-state index < -0.39 is 11.8 Å². The number of rotatable bonds is 2. The van der Waals surface area contributed by atoms with Gasteiger partial charge in [-0.05, 0) is 17.7 Å². The van der Waals surface area contributed by atoms with Crippen molar-refractivity contribution in [3.8, 4) is 10.4 Å². The zero-order valence-corrected chi connectivity index (χ0v) is 9.35. The van der Waals surface area contributed by atoms with Crippen LogP contribution in [-0.2, 0) is 0 Å². The molecule has 1 N–H and O–H groups in total. The van der Waals surface area contributed by atoms with E-state index in [0.29, 0.717) is 10.4 Å². The molecule has 0 atom stereocenters. The second kappa shape index (κ2) is 4.19. The van der Waals surface area contributed by atoms with Crippen molar-refractivity contribution in [2.24, 2.45) is 0 Å². The van der Waals surface area contributed by atoms with Crippen LogP contribution < -0.4 is 0 Å². The van der Waals surface area contributed by atoms with Crippen LogP contribution in [0, 0.1) is 5.82 Å². The van der Waals surface area contributed by atoms with Gasteiger partial charge in [-0.15, -0.1) is 11.3 Å². The van der Waals surface area contributed by atoms with E-state index >= 15 is 0 Å². The van der Waals surface area contributed by atoms with Crippen LogP contribution in [0.4, 0.5) is 4.39 Å². The van der Waals surface area contributed by atoms with Gasteiger partial charge >= 0.3 is 5.97 Å². The van der Waals surface area contributed by atoms with Crippen LogP contribution in [0.2, 0.25) is 4.47 Å². The first-order chi connectivity index (χ1) is 7.58. The van der Waals surface area contributed by atoms with Crippen LogP contribution in [0.3, 0.4) is 0 Å². The molecule has 0 aliphatic rings. The van der Waals surface area contributed by atoms with Crippen LogP contribution in [-0.4, -0.2) is 16.1 Å². The zero-order valence-electron chi connectivity index (χ0n) is 7.78. The van der Waals surface area contributed by atoms with Crippen LogP contribution >= 0.6 is 22.9 Å². The quantitative estimate of drug-likeness (QED) is 0.898. The molecule has 0 aliphatic carbocycles. The largest absolute Gasteiger partial charge is 0.476 e. The number of aromatic carboxylic acids is 1. The number of aromatic nitrogens is 1. The lowest BCUT2D eigenvalue weighted by molar-refractivity contribution is 0.0692. The molecule has 16 heavy (non-hydrogen) atoms. The highest BCUT2D eigenvalue weighted by Crippen LogP contribution is 2.33. The molecule has 1 aromatic carbocycles. The first kappa shape index (κ1) is 11.0. The van der Waals surface area contributed by atoms with Gasteiger partial charge in [0.05, 0.1) is 4.88 Å². The lowest BCUT2D eigenvalue weighted by Crippen LogP contribution is -1.98. The van der Waals surface area contributed by atoms with Crippen molar-refractivity contribution in [3.63, 3.8) is 0 Å². The van der Waals surface area contributed by atoms with Gasteiger partial charge in [0.2, 0.25) is 0 Å². The molecule has 0 amide bonds. The first-order valence-electron chi connectivity index (χ1n) is 4.23. The Kier molecular flexibility index (Phi) is 2.89. The predicted molar refractivity (Wildman–Crippen MR) is 59.5 cm³/mol. The summed E-state index contributed by atoms with van der Waals surface area (Å²) in [5.74, 6) is -1.61. The molecule has 0 aliphatic heterocycles. The molecule has 1 heterocycles. The van der Waals surface area contributed by atoms with Gasteiger partial charge in [-0.3, -0.25) is 0 Å². The number of nitrogens with zero attached hydrogens (tertiary/aromatic N) is 1. The normalized spacial score (nSPS) is 10.4. The predicted octanol–water partition coefficient (Wildman–Crippen LogP) is 3.30. The van der Waals surface area contributed by atoms with E-state index in [1.54, 1.807) is 6.07 Å². The third-order valence-electron chi connectivity index (χ3n) is 1.89. The van der Waals surface area contributed by atoms with Crippen LogP contribution in [0.15, 0.2) is 24.3 Å². The monoisotopic (exact) mass is 257 g/mol. The van der Waals surface area contributed by atoms with Crippen molar-refractivity contribution in [1.82, 2.24) is 4.98 Å². The Morgan fingerprint density at radius 1 is 1.50 bits per heavy atom. The van der Waals surface area contributed by atoms with E-state index in [2.05, 4.69) is 4.98 Å². The fourth-order valence-corrected chi connectivity index (χ4v) is 2.36. The number of carboxylic acids is 1. The Morgan fingerprint density at radius 2 is 2.25 bits per heavy atom. The van der Waals surface area contributed by atoms with Crippen LogP contribution in [0.1, 0.15) is 10.5 Å². The first-order valence-corrected chi connectivity index (χ1v) is 5.43. The summed E-state index contributed by atoms with van der Waals surface area (Å²) in [4.78, 5) is 14.9. The molecule has 2 rings (SSSR count). The van der Waals surface area contributed by atoms with Crippen LogP contribution in [0.5, 0.6) is 0 Å². The number of hydrogen-bond donors (Lipinski definition) is 1. The molecule has 0 unspecified atom stereocenters. The summed E-state index contributed by atoms with van der Waals surface area (Å²) in [6.07, 6.45) is 0. The second-order valence-electron chi connectivity index (χ2n) is 2.96. The molecule has 0 saturated heterocycles. The molecule has 1 aromatic heterocycles. The number of carbonyl (C=O) groups is 1. The van der Waals surface area contributed by atoms with Gasteiger partial charge < -0.3 is 5.11 Å². The maximum atomic E-state index is 13.0. The minimum atomic E-state index is -1.18. The average molecular weight is 258 g/mol. The van der Waals surface area contributed by atoms with Crippen molar-refractivity contribution >= 4 is 28.9 Å². The third-order valence-corrected chi connectivity index (χ3v) is 3.10. The SMILES string of the molecule is O=C(O)c1nc(Cl)sc1-c1cccc(F)c1. The Hall–Kier alpha value is -1.46. The van der Waals surface area contributed by atoms with Gasteiger partial charge in [0.1, 0.15) is 5.82 Å². The van der Waals surface area contributed by atoms with Crippen molar-refractivity contribution in [2.45, 2.75) is 0 Å². The Bertz CT molecular complexity index is 556. The van der Waals surface area contributed by atoms with E-state index in [1.165, 1.54) is 18.2 Å². The van der Waals surface area contributed by atoms with Crippen molar-refractivity contribution in [1.29, 1.82) is 0 Å². The Labute approximate surface area is 99.1 Å². The molecule has 0 radical (unpaired) electrons. The van der Waals surface area contributed by atoms with Gasteiger partial charge in [0, 0.05) is 0 Å². The minimum absolute atomic E-state index is 0.122. The molecular weight excluding hydrogens is 253 g/mol. The van der Waals surface area contributed by atoms with Crippen molar-refractivity contribution in [3.05, 3.63) is 40.2 Å². The highest BCUT2D eigenvalue weighted by molar-refractivity contribution is 7.19. The summed E-state index contributed by atoms with van der Waals surface area (Å²) in [6, 6.07) is 5.64. The smallest absolute Gasteiger partial charge is 0.356 e. The Morgan fingerprint density at radius 3 is 2.88 bits per heavy atom. The fraction of sp³-hybridized carbons (Fsp3) is 0. The third kappa shape index (κ3) is 2.05. The zero-order chi connectivity index (χ0) is 11.7. The summed E-state index contributed by atoms with van der Waals surface area (Å²) < 4.78 is 13.1. The van der Waals surface area contributed by atoms with Crippen LogP contribution in [0.25, 0.3) is 10.4 Å². The topological polar surface area (TPSA) is 50.2 Å². The lowest BCUT2D eigenvalue weighted by Gasteiger charge is -1.98. The summed E-state index contributed by atoms with van der Waals surface area (Å²) in [5.41, 5.74) is 0.308. The van der Waals surface area contributed by atoms with E-state index in [-0.39, 0.29) is 10.2 Å². The molecule has 6 heteroatoms. The lowest BCUT2D eigenvalue weighted by atomic mass is 10.1. The molecule has 82 valence electrons. The van der Waals surface area contributed by atoms with Crippen molar-refractivity contribution in [2.75, 3.05) is 0 Å². The summed E-state index contributed by atoms with van der Waals surface area (Å²) in [7, 11) is 0. The van der Waals surface area contributed by atoms with E-state index in [9.17, 15) is 9.18 Å². The summed E-state index contributed by atoms with van der Waals surface area (Å²) in [5, 5.41) is 8.90. The van der Waals surface area contributed by atoms with Gasteiger partial charge in [-0.1, -0.05) is 23.7 Å². The molecule has 3 nitrogen and oxygen atoms in total. The average Bonchev–Trinajstić information content (AvgIpc) is 2.60. The minimum Gasteiger partial charge on any atom is -0.476 e. The van der Waals surface area contributed by atoms with Gasteiger partial charge in [-0.25, -0.2) is 14.2 Å². The standard InChI is InChI=1S/C10H5ClFNO2S/c11-10-13-7(9(14)15)8(16-10)5-2-1-3-6(12)4-5/h1-4H,(H,14,15). The maximum Gasteiger partial charge on any atom is 0.356 e. The number of carboxylic acid groups (broad SMARTS) is 1. The molecule has 0 fully saturated rings. The van der Waals surface area contributed by atoms with E-state index in [4.69, 9.17) is 16.7 Å². The maximum absolute atomic E-state index is 13.0. The van der Waals surface area contributed by atoms with E-state index in [1.807, 2.05) is 0 Å². The summed E-state index contributed by atoms with van der Waals surface area (Å²) >= 11 is 6.66. The number of thiazole rings is 1. The highest BCUT2D eigenvalue weighted by atomic mass is 35.5.